The lowest BCUT2D eigenvalue weighted by molar-refractivity contribution is -0.117. The average molecular weight is 425 g/mol. The van der Waals surface area contributed by atoms with Crippen molar-refractivity contribution in [3.63, 3.8) is 0 Å². The Morgan fingerprint density at radius 2 is 1.53 bits per heavy atom. The van der Waals surface area contributed by atoms with E-state index >= 15 is 0 Å². The molecule has 6 heteroatoms. The number of hydrogen-bond donors (Lipinski definition) is 2. The topological polar surface area (TPSA) is 79.8 Å². The second kappa shape index (κ2) is 11.7. The van der Waals surface area contributed by atoms with Gasteiger partial charge < -0.3 is 10.1 Å². The predicted molar refractivity (Wildman–Crippen MR) is 126 cm³/mol. The molecule has 2 N–H and O–H groups in total. The minimum absolute atomic E-state index is 0.0585. The first-order valence-electron chi connectivity index (χ1n) is 9.93. The number of benzene rings is 3. The van der Waals surface area contributed by atoms with Crippen molar-refractivity contribution in [2.24, 2.45) is 5.10 Å². The van der Waals surface area contributed by atoms with Crippen LogP contribution in [0.25, 0.3) is 6.08 Å². The molecule has 0 aliphatic heterocycles. The van der Waals surface area contributed by atoms with Crippen molar-refractivity contribution in [3.05, 3.63) is 119 Å². The Balaban J connectivity index is 1.76. The summed E-state index contributed by atoms with van der Waals surface area (Å²) in [7, 11) is 1.56. The van der Waals surface area contributed by atoms with E-state index in [0.717, 1.165) is 5.56 Å². The minimum atomic E-state index is -0.557. The molecule has 2 amide bonds. The van der Waals surface area contributed by atoms with Crippen LogP contribution in [-0.4, -0.2) is 25.1 Å². The van der Waals surface area contributed by atoms with Crippen molar-refractivity contribution in [1.82, 2.24) is 10.7 Å². The lowest BCUT2D eigenvalue weighted by atomic mass is 10.2. The van der Waals surface area contributed by atoms with Crippen LogP contribution in [0.3, 0.4) is 0 Å². The highest BCUT2D eigenvalue weighted by Gasteiger charge is 2.13. The third kappa shape index (κ3) is 6.53. The molecule has 0 heterocycles. The van der Waals surface area contributed by atoms with Crippen LogP contribution < -0.4 is 15.5 Å². The Kier molecular flexibility index (Phi) is 8.11. The first-order valence-corrected chi connectivity index (χ1v) is 9.93. The summed E-state index contributed by atoms with van der Waals surface area (Å²) >= 11 is 0. The molecule has 0 bridgehead atoms. The molecule has 160 valence electrons. The molecule has 0 saturated carbocycles. The molecule has 0 aliphatic rings. The Morgan fingerprint density at radius 3 is 2.25 bits per heavy atom. The number of carbonyl (C=O) groups excluding carboxylic acids is 2. The van der Waals surface area contributed by atoms with Crippen molar-refractivity contribution in [2.45, 2.75) is 0 Å². The second-order valence-corrected chi connectivity index (χ2v) is 6.61. The van der Waals surface area contributed by atoms with Crippen molar-refractivity contribution in [2.75, 3.05) is 7.11 Å². The largest absolute Gasteiger partial charge is 0.496 e. The van der Waals surface area contributed by atoms with Gasteiger partial charge in [-0.25, -0.2) is 5.43 Å². The zero-order valence-corrected chi connectivity index (χ0v) is 17.6. The Morgan fingerprint density at radius 1 is 0.875 bits per heavy atom. The number of rotatable bonds is 8. The zero-order valence-electron chi connectivity index (χ0n) is 17.6. The number of hydrazone groups is 1. The molecule has 0 fully saturated rings. The molecule has 0 saturated heterocycles. The minimum Gasteiger partial charge on any atom is -0.496 e. The fraction of sp³-hybridized carbons (Fsp3) is 0.0385. The zero-order chi connectivity index (χ0) is 22.6. The van der Waals surface area contributed by atoms with Crippen LogP contribution in [0.5, 0.6) is 5.75 Å². The van der Waals surface area contributed by atoms with E-state index in [9.17, 15) is 9.59 Å². The molecular formula is C26H23N3O3. The van der Waals surface area contributed by atoms with Crippen LogP contribution in [0.4, 0.5) is 0 Å². The molecule has 3 aromatic rings. The summed E-state index contributed by atoms with van der Waals surface area (Å²) in [6, 6.07) is 25.6. The van der Waals surface area contributed by atoms with Gasteiger partial charge in [0.05, 0.1) is 13.3 Å². The van der Waals surface area contributed by atoms with E-state index < -0.39 is 11.8 Å². The maximum absolute atomic E-state index is 12.7. The van der Waals surface area contributed by atoms with Gasteiger partial charge in [-0.1, -0.05) is 72.8 Å². The first kappa shape index (κ1) is 22.2. The second-order valence-electron chi connectivity index (χ2n) is 6.61. The number of nitrogens with one attached hydrogen (secondary N) is 2. The molecule has 0 aromatic heterocycles. The standard InChI is InChI=1S/C26H23N3O3/c1-32-24-18-9-8-16-22(24)19-27-29-26(31)23(17-10-13-20-11-4-2-5-12-20)28-25(30)21-14-6-3-7-15-21/h2-19H,1H3,(H,28,30)(H,29,31)/b13-10+,23-17-,27-19+. The van der Waals surface area contributed by atoms with Crippen molar-refractivity contribution in [1.29, 1.82) is 0 Å². The van der Waals surface area contributed by atoms with Gasteiger partial charge in [-0.15, -0.1) is 0 Å². The van der Waals surface area contributed by atoms with Crippen molar-refractivity contribution in [3.8, 4) is 5.75 Å². The van der Waals surface area contributed by atoms with E-state index in [4.69, 9.17) is 4.74 Å². The van der Waals surface area contributed by atoms with E-state index in [1.165, 1.54) is 12.3 Å². The summed E-state index contributed by atoms with van der Waals surface area (Å²) in [5.41, 5.74) is 4.62. The third-order valence-corrected chi connectivity index (χ3v) is 4.39. The molecule has 32 heavy (non-hydrogen) atoms. The molecule has 3 aromatic carbocycles. The average Bonchev–Trinajstić information content (AvgIpc) is 2.84. The lowest BCUT2D eigenvalue weighted by Gasteiger charge is -2.08. The highest BCUT2D eigenvalue weighted by Crippen LogP contribution is 2.14. The lowest BCUT2D eigenvalue weighted by Crippen LogP contribution is -2.32. The van der Waals surface area contributed by atoms with Crippen molar-refractivity contribution < 1.29 is 14.3 Å². The molecule has 6 nitrogen and oxygen atoms in total. The van der Waals surface area contributed by atoms with Crippen LogP contribution in [-0.2, 0) is 4.79 Å². The molecule has 0 atom stereocenters. The summed E-state index contributed by atoms with van der Waals surface area (Å²) in [6.07, 6.45) is 6.54. The van der Waals surface area contributed by atoms with Gasteiger partial charge in [0.2, 0.25) is 0 Å². The van der Waals surface area contributed by atoms with E-state index in [0.29, 0.717) is 16.9 Å². The van der Waals surface area contributed by atoms with Gasteiger partial charge in [0.1, 0.15) is 11.4 Å². The van der Waals surface area contributed by atoms with Crippen molar-refractivity contribution >= 4 is 24.1 Å². The Hall–Kier alpha value is -4.45. The number of hydrogen-bond acceptors (Lipinski definition) is 4. The number of amides is 2. The number of allylic oxidation sites excluding steroid dienone is 2. The predicted octanol–water partition coefficient (Wildman–Crippen LogP) is 4.17. The van der Waals surface area contributed by atoms with Crippen LogP contribution in [0.2, 0.25) is 0 Å². The van der Waals surface area contributed by atoms with Crippen LogP contribution in [0.1, 0.15) is 21.5 Å². The van der Waals surface area contributed by atoms with Crippen LogP contribution in [0.15, 0.2) is 108 Å². The highest BCUT2D eigenvalue weighted by molar-refractivity contribution is 6.03. The van der Waals surface area contributed by atoms with Gasteiger partial charge in [0.15, 0.2) is 0 Å². The monoisotopic (exact) mass is 425 g/mol. The number of carbonyl (C=O) groups is 2. The summed E-state index contributed by atoms with van der Waals surface area (Å²) in [4.78, 5) is 25.3. The molecule has 3 rings (SSSR count). The van der Waals surface area contributed by atoms with Gasteiger partial charge in [0.25, 0.3) is 11.8 Å². The van der Waals surface area contributed by atoms with Gasteiger partial charge in [-0.2, -0.15) is 5.10 Å². The van der Waals surface area contributed by atoms with Gasteiger partial charge in [0, 0.05) is 11.1 Å². The van der Waals surface area contributed by atoms with Crippen LogP contribution in [0, 0.1) is 0 Å². The normalized spacial score (nSPS) is 11.5. The summed E-state index contributed by atoms with van der Waals surface area (Å²) < 4.78 is 5.27. The maximum Gasteiger partial charge on any atom is 0.287 e. The Labute approximate surface area is 186 Å². The fourth-order valence-electron chi connectivity index (χ4n) is 2.77. The number of para-hydroxylation sites is 1. The highest BCUT2D eigenvalue weighted by atomic mass is 16.5. The molecule has 0 spiro atoms. The maximum atomic E-state index is 12.7. The van der Waals surface area contributed by atoms with E-state index in [2.05, 4.69) is 15.8 Å². The number of nitrogens with zero attached hydrogens (tertiary/aromatic N) is 1. The molecule has 0 radical (unpaired) electrons. The van der Waals surface area contributed by atoms with E-state index in [1.807, 2.05) is 60.7 Å². The number of ether oxygens (including phenoxy) is 1. The molecule has 0 unspecified atom stereocenters. The van der Waals surface area contributed by atoms with Crippen LogP contribution >= 0.6 is 0 Å². The SMILES string of the molecule is COc1ccccc1/C=N/NC(=O)/C(=C/C=C/c1ccccc1)NC(=O)c1ccccc1. The van der Waals surface area contributed by atoms with Gasteiger partial charge in [-0.05, 0) is 35.9 Å². The van der Waals surface area contributed by atoms with E-state index in [1.54, 1.807) is 43.5 Å². The first-order chi connectivity index (χ1) is 15.7. The molecule has 0 aliphatic carbocycles. The summed E-state index contributed by atoms with van der Waals surface area (Å²) in [5.74, 6) is -0.323. The molecular weight excluding hydrogens is 402 g/mol. The summed E-state index contributed by atoms with van der Waals surface area (Å²) in [5, 5.41) is 6.65. The smallest absolute Gasteiger partial charge is 0.287 e. The van der Waals surface area contributed by atoms with Gasteiger partial charge >= 0.3 is 0 Å². The fourth-order valence-corrected chi connectivity index (χ4v) is 2.77. The Bertz CT molecular complexity index is 1140. The number of methoxy groups -OCH3 is 1. The summed E-state index contributed by atoms with van der Waals surface area (Å²) in [6.45, 7) is 0. The third-order valence-electron chi connectivity index (χ3n) is 4.39. The van der Waals surface area contributed by atoms with Gasteiger partial charge in [-0.3, -0.25) is 9.59 Å². The quantitative estimate of drug-likeness (QED) is 0.246. The van der Waals surface area contributed by atoms with E-state index in [-0.39, 0.29) is 5.70 Å².